The smallest absolute Gasteiger partial charge is 0.162 e. The van der Waals surface area contributed by atoms with Crippen LogP contribution in [0.5, 0.6) is 0 Å². The Morgan fingerprint density at radius 1 is 1.53 bits per heavy atom. The summed E-state index contributed by atoms with van der Waals surface area (Å²) in [5.74, 6) is -0.319. The van der Waals surface area contributed by atoms with Crippen LogP contribution >= 0.6 is 0 Å². The highest BCUT2D eigenvalue weighted by molar-refractivity contribution is 5.96. The summed E-state index contributed by atoms with van der Waals surface area (Å²) in [6.45, 7) is 5.27. The van der Waals surface area contributed by atoms with E-state index in [1.807, 2.05) is 0 Å². The lowest BCUT2D eigenvalue weighted by atomic mass is 10.0. The maximum absolute atomic E-state index is 13.2. The second kappa shape index (κ2) is 5.44. The minimum absolute atomic E-state index is 0.00394. The zero-order valence-corrected chi connectivity index (χ0v) is 8.92. The third kappa shape index (κ3) is 3.31. The minimum Gasteiger partial charge on any atom is -0.294 e. The summed E-state index contributed by atoms with van der Waals surface area (Å²) in [6.07, 6.45) is 3.83. The number of allylic oxidation sites excluding steroid dienone is 1. The predicted octanol–water partition coefficient (Wildman–Crippen LogP) is 3.67. The normalized spacial score (nSPS) is 10.0. The Morgan fingerprint density at radius 2 is 2.27 bits per heavy atom. The van der Waals surface area contributed by atoms with Crippen molar-refractivity contribution >= 4 is 5.78 Å². The van der Waals surface area contributed by atoms with E-state index in [9.17, 15) is 9.18 Å². The summed E-state index contributed by atoms with van der Waals surface area (Å²) >= 11 is 0. The standard InChI is InChI=1S/C13H15FO/c1-3-4-5-6-13(15)11-8-7-10(2)12(14)9-11/h3,7-9H,1,4-6H2,2H3. The van der Waals surface area contributed by atoms with Gasteiger partial charge in [-0.2, -0.15) is 0 Å². The number of unbranched alkanes of at least 4 members (excludes halogenated alkanes) is 1. The molecule has 0 spiro atoms. The van der Waals surface area contributed by atoms with Gasteiger partial charge < -0.3 is 0 Å². The molecule has 80 valence electrons. The van der Waals surface area contributed by atoms with Crippen molar-refractivity contribution in [1.29, 1.82) is 0 Å². The Balaban J connectivity index is 2.65. The second-order valence-corrected chi connectivity index (χ2v) is 3.57. The number of hydrogen-bond donors (Lipinski definition) is 0. The number of carbonyl (C=O) groups is 1. The Bertz CT molecular complexity index is 369. The van der Waals surface area contributed by atoms with Gasteiger partial charge in [-0.25, -0.2) is 4.39 Å². The van der Waals surface area contributed by atoms with E-state index in [0.29, 0.717) is 17.5 Å². The molecule has 0 aliphatic heterocycles. The summed E-state index contributed by atoms with van der Waals surface area (Å²) in [5, 5.41) is 0. The van der Waals surface area contributed by atoms with Gasteiger partial charge in [0.15, 0.2) is 5.78 Å². The molecule has 0 amide bonds. The van der Waals surface area contributed by atoms with Crippen LogP contribution < -0.4 is 0 Å². The lowest BCUT2D eigenvalue weighted by molar-refractivity contribution is 0.0980. The van der Waals surface area contributed by atoms with Gasteiger partial charge in [0.05, 0.1) is 0 Å². The quantitative estimate of drug-likeness (QED) is 0.408. The number of rotatable bonds is 5. The Hall–Kier alpha value is -1.44. The molecule has 0 saturated carbocycles. The van der Waals surface area contributed by atoms with Gasteiger partial charge in [-0.05, 0) is 31.4 Å². The molecule has 1 aromatic carbocycles. The van der Waals surface area contributed by atoms with E-state index in [1.54, 1.807) is 25.1 Å². The van der Waals surface area contributed by atoms with E-state index in [-0.39, 0.29) is 11.6 Å². The van der Waals surface area contributed by atoms with Crippen LogP contribution in [0, 0.1) is 12.7 Å². The first-order valence-corrected chi connectivity index (χ1v) is 5.05. The molecule has 0 saturated heterocycles. The van der Waals surface area contributed by atoms with Gasteiger partial charge in [-0.1, -0.05) is 18.2 Å². The van der Waals surface area contributed by atoms with Crippen LogP contribution in [-0.4, -0.2) is 5.78 Å². The molecular weight excluding hydrogens is 191 g/mol. The molecule has 0 radical (unpaired) electrons. The fourth-order valence-electron chi connectivity index (χ4n) is 1.32. The van der Waals surface area contributed by atoms with Crippen LogP contribution in [0.4, 0.5) is 4.39 Å². The molecule has 0 aliphatic rings. The van der Waals surface area contributed by atoms with E-state index in [2.05, 4.69) is 6.58 Å². The van der Waals surface area contributed by atoms with Gasteiger partial charge in [0.2, 0.25) is 0 Å². The summed E-state index contributed by atoms with van der Waals surface area (Å²) < 4.78 is 13.2. The van der Waals surface area contributed by atoms with Crippen molar-refractivity contribution < 1.29 is 9.18 Å². The highest BCUT2D eigenvalue weighted by atomic mass is 19.1. The van der Waals surface area contributed by atoms with Crippen molar-refractivity contribution in [3.8, 4) is 0 Å². The molecule has 0 heterocycles. The van der Waals surface area contributed by atoms with Crippen LogP contribution in [0.2, 0.25) is 0 Å². The highest BCUT2D eigenvalue weighted by Crippen LogP contribution is 2.12. The first kappa shape index (κ1) is 11.6. The van der Waals surface area contributed by atoms with Crippen LogP contribution in [0.3, 0.4) is 0 Å². The molecule has 0 N–H and O–H groups in total. The van der Waals surface area contributed by atoms with Gasteiger partial charge in [-0.3, -0.25) is 4.79 Å². The van der Waals surface area contributed by atoms with Crippen LogP contribution in [-0.2, 0) is 0 Å². The van der Waals surface area contributed by atoms with E-state index < -0.39 is 0 Å². The largest absolute Gasteiger partial charge is 0.294 e. The van der Waals surface area contributed by atoms with Crippen molar-refractivity contribution in [2.75, 3.05) is 0 Å². The van der Waals surface area contributed by atoms with Gasteiger partial charge in [-0.15, -0.1) is 6.58 Å². The number of ketones is 1. The van der Waals surface area contributed by atoms with Crippen molar-refractivity contribution in [2.24, 2.45) is 0 Å². The molecule has 0 aromatic heterocycles. The number of halogens is 1. The zero-order chi connectivity index (χ0) is 11.3. The van der Waals surface area contributed by atoms with E-state index in [1.165, 1.54) is 6.07 Å². The van der Waals surface area contributed by atoms with Crippen molar-refractivity contribution in [1.82, 2.24) is 0 Å². The Morgan fingerprint density at radius 3 is 2.87 bits per heavy atom. The molecule has 0 bridgehead atoms. The fourth-order valence-corrected chi connectivity index (χ4v) is 1.32. The monoisotopic (exact) mass is 206 g/mol. The molecule has 15 heavy (non-hydrogen) atoms. The number of carbonyl (C=O) groups excluding carboxylic acids is 1. The molecular formula is C13H15FO. The van der Waals surface area contributed by atoms with Crippen LogP contribution in [0.15, 0.2) is 30.9 Å². The third-order valence-corrected chi connectivity index (χ3v) is 2.31. The van der Waals surface area contributed by atoms with Gasteiger partial charge in [0.25, 0.3) is 0 Å². The van der Waals surface area contributed by atoms with Crippen LogP contribution in [0.25, 0.3) is 0 Å². The summed E-state index contributed by atoms with van der Waals surface area (Å²) in [6, 6.07) is 4.62. The molecule has 0 aliphatic carbocycles. The van der Waals surface area contributed by atoms with Crippen molar-refractivity contribution in [3.05, 3.63) is 47.8 Å². The fraction of sp³-hybridized carbons (Fsp3) is 0.308. The maximum Gasteiger partial charge on any atom is 0.162 e. The first-order chi connectivity index (χ1) is 7.15. The van der Waals surface area contributed by atoms with Gasteiger partial charge in [0, 0.05) is 12.0 Å². The summed E-state index contributed by atoms with van der Waals surface area (Å²) in [5.41, 5.74) is 1.03. The summed E-state index contributed by atoms with van der Waals surface area (Å²) in [7, 11) is 0. The van der Waals surface area contributed by atoms with Gasteiger partial charge >= 0.3 is 0 Å². The molecule has 2 heteroatoms. The minimum atomic E-state index is -0.315. The van der Waals surface area contributed by atoms with Crippen LogP contribution in [0.1, 0.15) is 35.2 Å². The van der Waals surface area contributed by atoms with E-state index in [4.69, 9.17) is 0 Å². The molecule has 0 atom stereocenters. The third-order valence-electron chi connectivity index (χ3n) is 2.31. The molecule has 0 unspecified atom stereocenters. The Labute approximate surface area is 89.6 Å². The maximum atomic E-state index is 13.2. The lowest BCUT2D eigenvalue weighted by Gasteiger charge is -2.01. The predicted molar refractivity (Wildman–Crippen MR) is 59.5 cm³/mol. The first-order valence-electron chi connectivity index (χ1n) is 5.05. The number of hydrogen-bond acceptors (Lipinski definition) is 1. The molecule has 1 aromatic rings. The number of aryl methyl sites for hydroxylation is 1. The molecule has 0 fully saturated rings. The Kier molecular flexibility index (Phi) is 4.22. The average Bonchev–Trinajstić information content (AvgIpc) is 2.22. The SMILES string of the molecule is C=CCCCC(=O)c1ccc(C)c(F)c1. The van der Waals surface area contributed by atoms with E-state index >= 15 is 0 Å². The molecule has 1 rings (SSSR count). The molecule has 1 nitrogen and oxygen atoms in total. The van der Waals surface area contributed by atoms with Crippen molar-refractivity contribution in [2.45, 2.75) is 26.2 Å². The van der Waals surface area contributed by atoms with Crippen molar-refractivity contribution in [3.63, 3.8) is 0 Å². The van der Waals surface area contributed by atoms with E-state index in [0.717, 1.165) is 12.8 Å². The summed E-state index contributed by atoms with van der Waals surface area (Å²) in [4.78, 5) is 11.6. The highest BCUT2D eigenvalue weighted by Gasteiger charge is 2.07. The average molecular weight is 206 g/mol. The topological polar surface area (TPSA) is 17.1 Å². The number of benzene rings is 1. The second-order valence-electron chi connectivity index (χ2n) is 3.57. The number of Topliss-reactive ketones (excluding diaryl/α,β-unsaturated/α-hetero) is 1. The van der Waals surface area contributed by atoms with Gasteiger partial charge in [0.1, 0.15) is 5.82 Å². The zero-order valence-electron chi connectivity index (χ0n) is 8.92. The lowest BCUT2D eigenvalue weighted by Crippen LogP contribution is -2.00.